The van der Waals surface area contributed by atoms with Crippen LogP contribution in [-0.4, -0.2) is 5.91 Å². The van der Waals surface area contributed by atoms with Gasteiger partial charge in [-0.05, 0) is 77.9 Å². The third-order valence-corrected chi connectivity index (χ3v) is 6.43. The van der Waals surface area contributed by atoms with Gasteiger partial charge in [-0.3, -0.25) is 4.79 Å². The molecule has 124 valence electrons. The summed E-state index contributed by atoms with van der Waals surface area (Å²) in [6, 6.07) is 1.97. The van der Waals surface area contributed by atoms with Crippen molar-refractivity contribution < 1.29 is 9.21 Å². The molecule has 2 aliphatic rings. The molecule has 0 bridgehead atoms. The number of nitrogens with one attached hydrogen (secondary N) is 1. The Balaban J connectivity index is 1.89. The zero-order valence-electron chi connectivity index (χ0n) is 13.6. The van der Waals surface area contributed by atoms with Gasteiger partial charge in [0.05, 0.1) is 11.3 Å². The lowest BCUT2D eigenvalue weighted by atomic mass is 9.94. The topological polar surface area (TPSA) is 42.2 Å². The smallest absolute Gasteiger partial charge is 0.256 e. The first-order valence-electron chi connectivity index (χ1n) is 8.10. The van der Waals surface area contributed by atoms with E-state index in [-0.39, 0.29) is 5.91 Å². The molecule has 5 heteroatoms. The molecule has 1 aliphatic carbocycles. The fourth-order valence-electron chi connectivity index (χ4n) is 3.62. The molecule has 0 saturated carbocycles. The molecule has 3 nitrogen and oxygen atoms in total. The molecule has 2 aromatic rings. The quantitative estimate of drug-likeness (QED) is 0.558. The van der Waals surface area contributed by atoms with Gasteiger partial charge in [-0.15, -0.1) is 0 Å². The minimum Gasteiger partial charge on any atom is -0.461 e. The molecule has 1 aromatic carbocycles. The number of furan rings is 1. The van der Waals surface area contributed by atoms with Crippen molar-refractivity contribution in [2.75, 3.05) is 5.32 Å². The number of carbonyl (C=O) groups excluding carboxylic acids is 1. The predicted octanol–water partition coefficient (Wildman–Crippen LogP) is 5.79. The largest absolute Gasteiger partial charge is 0.461 e. The van der Waals surface area contributed by atoms with Crippen molar-refractivity contribution in [1.29, 1.82) is 0 Å². The van der Waals surface area contributed by atoms with Crippen LogP contribution in [0.5, 0.6) is 0 Å². The molecule has 0 unspecified atom stereocenters. The maximum atomic E-state index is 12.5. The Morgan fingerprint density at radius 1 is 1.12 bits per heavy atom. The second-order valence-electron chi connectivity index (χ2n) is 6.43. The third kappa shape index (κ3) is 2.40. The van der Waals surface area contributed by atoms with Gasteiger partial charge >= 0.3 is 0 Å². The number of hydrogen-bond acceptors (Lipinski definition) is 2. The van der Waals surface area contributed by atoms with Crippen molar-refractivity contribution in [2.45, 2.75) is 39.5 Å². The van der Waals surface area contributed by atoms with Crippen LogP contribution in [0.15, 0.2) is 19.4 Å². The lowest BCUT2D eigenvalue weighted by Gasteiger charge is -2.08. The highest BCUT2D eigenvalue weighted by molar-refractivity contribution is 9.11. The Labute approximate surface area is 157 Å². The Morgan fingerprint density at radius 2 is 1.88 bits per heavy atom. The van der Waals surface area contributed by atoms with E-state index in [0.717, 1.165) is 50.1 Å². The van der Waals surface area contributed by atoms with Gasteiger partial charge in [-0.25, -0.2) is 0 Å². The number of halogens is 2. The number of benzene rings is 1. The van der Waals surface area contributed by atoms with E-state index in [0.29, 0.717) is 5.57 Å². The number of carbonyl (C=O) groups is 1. The summed E-state index contributed by atoms with van der Waals surface area (Å²) < 4.78 is 7.94. The average Bonchev–Trinajstić information content (AvgIpc) is 3.05. The summed E-state index contributed by atoms with van der Waals surface area (Å²) in [6.07, 6.45) is 6.37. The van der Waals surface area contributed by atoms with Gasteiger partial charge < -0.3 is 9.73 Å². The van der Waals surface area contributed by atoms with Crippen LogP contribution in [0, 0.1) is 13.8 Å². The minimum absolute atomic E-state index is 0.0827. The number of hydrogen-bond donors (Lipinski definition) is 1. The Morgan fingerprint density at radius 3 is 2.62 bits per heavy atom. The van der Waals surface area contributed by atoms with Crippen LogP contribution in [0.25, 0.3) is 11.6 Å². The van der Waals surface area contributed by atoms with Gasteiger partial charge in [0.2, 0.25) is 0 Å². The summed E-state index contributed by atoms with van der Waals surface area (Å²) in [5.41, 5.74) is 5.99. The summed E-state index contributed by atoms with van der Waals surface area (Å²) in [4.78, 5) is 12.5. The molecule has 0 spiro atoms. The summed E-state index contributed by atoms with van der Waals surface area (Å²) in [6.45, 7) is 4.11. The van der Waals surface area contributed by atoms with Gasteiger partial charge in [0.25, 0.3) is 5.91 Å². The highest BCUT2D eigenvalue weighted by Crippen LogP contribution is 2.44. The second kappa shape index (κ2) is 5.88. The zero-order chi connectivity index (χ0) is 17.0. The maximum Gasteiger partial charge on any atom is 0.256 e. The molecule has 1 aromatic heterocycles. The van der Waals surface area contributed by atoms with E-state index in [1.807, 2.05) is 19.1 Å². The van der Waals surface area contributed by atoms with E-state index < -0.39 is 0 Å². The standard InChI is InChI=1S/C19H17Br2NO2/c1-9-11-5-3-4-6-15(11)24-16(9)7-12-17-10(2)13(20)8-14(21)18(17)22-19(12)23/h7-8H,3-6H2,1-2H3,(H,22,23). The summed E-state index contributed by atoms with van der Waals surface area (Å²) >= 11 is 7.11. The highest BCUT2D eigenvalue weighted by atomic mass is 79.9. The monoisotopic (exact) mass is 449 g/mol. The molecule has 0 fully saturated rings. The van der Waals surface area contributed by atoms with E-state index in [2.05, 4.69) is 44.1 Å². The van der Waals surface area contributed by atoms with Crippen molar-refractivity contribution in [1.82, 2.24) is 0 Å². The van der Waals surface area contributed by atoms with Gasteiger partial charge in [0.15, 0.2) is 0 Å². The van der Waals surface area contributed by atoms with Crippen LogP contribution in [0.4, 0.5) is 5.69 Å². The molecular formula is C19H17Br2NO2. The normalized spacial score (nSPS) is 17.8. The fraction of sp³-hybridized carbons (Fsp3) is 0.316. The van der Waals surface area contributed by atoms with Crippen molar-refractivity contribution in [3.8, 4) is 0 Å². The molecular weight excluding hydrogens is 434 g/mol. The van der Waals surface area contributed by atoms with Gasteiger partial charge in [-0.2, -0.15) is 0 Å². The fourth-order valence-corrected chi connectivity index (χ4v) is 4.88. The van der Waals surface area contributed by atoms with E-state index in [1.54, 1.807) is 0 Å². The summed E-state index contributed by atoms with van der Waals surface area (Å²) in [5, 5.41) is 2.97. The highest BCUT2D eigenvalue weighted by Gasteiger charge is 2.30. The van der Waals surface area contributed by atoms with E-state index in [4.69, 9.17) is 4.42 Å². The Bertz CT molecular complexity index is 909. The molecule has 4 rings (SSSR count). The van der Waals surface area contributed by atoms with Crippen molar-refractivity contribution in [2.24, 2.45) is 0 Å². The second-order valence-corrected chi connectivity index (χ2v) is 8.14. The van der Waals surface area contributed by atoms with Crippen LogP contribution in [-0.2, 0) is 17.6 Å². The number of anilines is 1. The van der Waals surface area contributed by atoms with Gasteiger partial charge in [0, 0.05) is 20.9 Å². The van der Waals surface area contributed by atoms with E-state index in [1.165, 1.54) is 24.0 Å². The molecule has 1 amide bonds. The maximum absolute atomic E-state index is 12.5. The first-order chi connectivity index (χ1) is 11.5. The predicted molar refractivity (Wildman–Crippen MR) is 103 cm³/mol. The first-order valence-corrected chi connectivity index (χ1v) is 9.69. The van der Waals surface area contributed by atoms with E-state index >= 15 is 0 Å². The average molecular weight is 451 g/mol. The van der Waals surface area contributed by atoms with E-state index in [9.17, 15) is 4.79 Å². The summed E-state index contributed by atoms with van der Waals surface area (Å²) in [5.74, 6) is 1.83. The summed E-state index contributed by atoms with van der Waals surface area (Å²) in [7, 11) is 0. The van der Waals surface area contributed by atoms with Crippen LogP contribution < -0.4 is 5.32 Å². The lowest BCUT2D eigenvalue weighted by Crippen LogP contribution is -2.03. The molecule has 1 N–H and O–H groups in total. The Kier molecular flexibility index (Phi) is 3.96. The SMILES string of the molecule is Cc1c(C=C2C(=O)Nc3c(Br)cc(Br)c(C)c32)oc2c1CCCC2. The molecule has 24 heavy (non-hydrogen) atoms. The number of amides is 1. The first kappa shape index (κ1) is 16.2. The number of rotatable bonds is 1. The minimum atomic E-state index is -0.0827. The Hall–Kier alpha value is -1.33. The van der Waals surface area contributed by atoms with Crippen molar-refractivity contribution >= 4 is 55.1 Å². The third-order valence-electron chi connectivity index (χ3n) is 4.98. The van der Waals surface area contributed by atoms with Crippen LogP contribution >= 0.6 is 31.9 Å². The zero-order valence-corrected chi connectivity index (χ0v) is 16.7. The molecule has 0 radical (unpaired) electrons. The molecule has 2 heterocycles. The van der Waals surface area contributed by atoms with Crippen LogP contribution in [0.2, 0.25) is 0 Å². The lowest BCUT2D eigenvalue weighted by molar-refractivity contribution is -0.110. The van der Waals surface area contributed by atoms with Crippen LogP contribution in [0.3, 0.4) is 0 Å². The van der Waals surface area contributed by atoms with Crippen molar-refractivity contribution in [3.05, 3.63) is 48.8 Å². The van der Waals surface area contributed by atoms with Crippen LogP contribution in [0.1, 0.15) is 46.6 Å². The molecule has 0 saturated heterocycles. The van der Waals surface area contributed by atoms with Crippen molar-refractivity contribution in [3.63, 3.8) is 0 Å². The number of aryl methyl sites for hydroxylation is 1. The molecule has 1 aliphatic heterocycles. The molecule has 0 atom stereocenters. The number of fused-ring (bicyclic) bond motifs is 2. The van der Waals surface area contributed by atoms with Gasteiger partial charge in [-0.1, -0.05) is 15.9 Å². The van der Waals surface area contributed by atoms with Gasteiger partial charge in [0.1, 0.15) is 11.5 Å².